The van der Waals surface area contributed by atoms with Crippen molar-refractivity contribution in [1.82, 2.24) is 0 Å². The van der Waals surface area contributed by atoms with Gasteiger partial charge in [-0.25, -0.2) is 4.39 Å². The van der Waals surface area contributed by atoms with Crippen LogP contribution in [0, 0.1) is 5.41 Å². The molecule has 0 aromatic heterocycles. The maximum atomic E-state index is 13.2. The summed E-state index contributed by atoms with van der Waals surface area (Å²) in [5.74, 6) is 0. The Bertz CT molecular complexity index is 117. The summed E-state index contributed by atoms with van der Waals surface area (Å²) in [6, 6.07) is 0. The molecule has 2 heteroatoms. The van der Waals surface area contributed by atoms with Crippen molar-refractivity contribution in [2.75, 3.05) is 6.54 Å². The molecule has 0 saturated heterocycles. The van der Waals surface area contributed by atoms with Crippen molar-refractivity contribution in [3.05, 3.63) is 0 Å². The van der Waals surface area contributed by atoms with Crippen LogP contribution in [0.2, 0.25) is 0 Å². The van der Waals surface area contributed by atoms with Crippen molar-refractivity contribution in [3.8, 4) is 0 Å². The smallest absolute Gasteiger partial charge is 0.103 e. The topological polar surface area (TPSA) is 26.0 Å². The molecule has 0 aromatic carbocycles. The normalized spacial score (nSPS) is 25.4. The average Bonchev–Trinajstić information content (AvgIpc) is 2.38. The van der Waals surface area contributed by atoms with E-state index in [-0.39, 0.29) is 5.41 Å². The minimum atomic E-state index is -0.673. The summed E-state index contributed by atoms with van der Waals surface area (Å²) in [6.45, 7) is 2.31. The molecule has 1 aliphatic rings. The lowest BCUT2D eigenvalue weighted by Gasteiger charge is -2.29. The van der Waals surface area contributed by atoms with E-state index in [1.165, 1.54) is 12.8 Å². The fourth-order valence-electron chi connectivity index (χ4n) is 2.21. The summed E-state index contributed by atoms with van der Waals surface area (Å²) in [7, 11) is 0. The summed E-state index contributed by atoms with van der Waals surface area (Å²) in [6.07, 6.45) is 4.66. The molecule has 2 N–H and O–H groups in total. The number of rotatable bonds is 3. The summed E-state index contributed by atoms with van der Waals surface area (Å²) in [5, 5.41) is 0. The highest BCUT2D eigenvalue weighted by atomic mass is 19.1. The zero-order valence-corrected chi connectivity index (χ0v) is 7.28. The van der Waals surface area contributed by atoms with Crippen molar-refractivity contribution < 1.29 is 4.39 Å². The van der Waals surface area contributed by atoms with E-state index >= 15 is 0 Å². The molecule has 0 amide bonds. The molecular weight excluding hydrogens is 141 g/mol. The zero-order chi connectivity index (χ0) is 8.32. The molecule has 1 unspecified atom stereocenters. The summed E-state index contributed by atoms with van der Waals surface area (Å²) in [4.78, 5) is 0. The van der Waals surface area contributed by atoms with Gasteiger partial charge in [0.1, 0.15) is 6.17 Å². The number of hydrogen-bond donors (Lipinski definition) is 1. The van der Waals surface area contributed by atoms with Crippen LogP contribution in [0.4, 0.5) is 4.39 Å². The first-order valence-corrected chi connectivity index (χ1v) is 4.55. The van der Waals surface area contributed by atoms with Crippen LogP contribution in [-0.4, -0.2) is 12.7 Å². The monoisotopic (exact) mass is 159 g/mol. The van der Waals surface area contributed by atoms with E-state index in [1.807, 2.05) is 0 Å². The summed E-state index contributed by atoms with van der Waals surface area (Å²) < 4.78 is 13.2. The predicted octanol–water partition coefficient (Wildman–Crippen LogP) is 2.25. The first kappa shape index (κ1) is 8.98. The fraction of sp³-hybridized carbons (Fsp3) is 1.00. The van der Waals surface area contributed by atoms with E-state index in [0.717, 1.165) is 19.3 Å². The van der Waals surface area contributed by atoms with E-state index in [9.17, 15) is 4.39 Å². The molecule has 1 aliphatic carbocycles. The van der Waals surface area contributed by atoms with Crippen molar-refractivity contribution in [1.29, 1.82) is 0 Å². The van der Waals surface area contributed by atoms with Gasteiger partial charge in [-0.15, -0.1) is 0 Å². The van der Waals surface area contributed by atoms with E-state index < -0.39 is 6.17 Å². The Hall–Kier alpha value is -0.110. The number of alkyl halides is 1. The molecular formula is C9H18FN. The average molecular weight is 159 g/mol. The Morgan fingerprint density at radius 3 is 2.36 bits per heavy atom. The third kappa shape index (κ3) is 1.73. The Morgan fingerprint density at radius 2 is 2.00 bits per heavy atom. The van der Waals surface area contributed by atoms with Crippen molar-refractivity contribution in [2.24, 2.45) is 11.1 Å². The Kier molecular flexibility index (Phi) is 2.88. The number of nitrogens with two attached hydrogens (primary N) is 1. The van der Waals surface area contributed by atoms with E-state index in [2.05, 4.69) is 0 Å². The van der Waals surface area contributed by atoms with Gasteiger partial charge in [0.05, 0.1) is 0 Å². The molecule has 1 saturated carbocycles. The Labute approximate surface area is 68.2 Å². The van der Waals surface area contributed by atoms with Crippen molar-refractivity contribution in [2.45, 2.75) is 45.2 Å². The van der Waals surface area contributed by atoms with Crippen molar-refractivity contribution in [3.63, 3.8) is 0 Å². The minimum Gasteiger partial charge on any atom is -0.330 e. The molecule has 0 heterocycles. The highest BCUT2D eigenvalue weighted by Gasteiger charge is 2.38. The van der Waals surface area contributed by atoms with Gasteiger partial charge in [-0.2, -0.15) is 0 Å². The van der Waals surface area contributed by atoms with Crippen LogP contribution in [0.5, 0.6) is 0 Å². The van der Waals surface area contributed by atoms with Gasteiger partial charge in [0.25, 0.3) is 0 Å². The maximum absolute atomic E-state index is 13.2. The standard InChI is InChI=1S/C9H18FN/c1-8(10)9(6-7-11)4-2-3-5-9/h8H,2-7,11H2,1H3. The molecule has 66 valence electrons. The van der Waals surface area contributed by atoms with Gasteiger partial charge >= 0.3 is 0 Å². The quantitative estimate of drug-likeness (QED) is 0.671. The second kappa shape index (κ2) is 3.53. The molecule has 0 aliphatic heterocycles. The first-order chi connectivity index (χ1) is 5.21. The largest absolute Gasteiger partial charge is 0.330 e. The molecule has 11 heavy (non-hydrogen) atoms. The van der Waals surface area contributed by atoms with Gasteiger partial charge in [-0.1, -0.05) is 12.8 Å². The zero-order valence-electron chi connectivity index (χ0n) is 7.28. The fourth-order valence-corrected chi connectivity index (χ4v) is 2.21. The molecule has 1 nitrogen and oxygen atoms in total. The van der Waals surface area contributed by atoms with Gasteiger partial charge in [0.15, 0.2) is 0 Å². The minimum absolute atomic E-state index is 0.0469. The van der Waals surface area contributed by atoms with Crippen LogP contribution >= 0.6 is 0 Å². The van der Waals surface area contributed by atoms with Gasteiger partial charge in [-0.3, -0.25) is 0 Å². The van der Waals surface area contributed by atoms with Gasteiger partial charge < -0.3 is 5.73 Å². The molecule has 0 spiro atoms. The molecule has 1 atom stereocenters. The van der Waals surface area contributed by atoms with Gasteiger partial charge in [0.2, 0.25) is 0 Å². The van der Waals surface area contributed by atoms with Crippen LogP contribution in [0.3, 0.4) is 0 Å². The Morgan fingerprint density at radius 1 is 1.45 bits per heavy atom. The second-order valence-electron chi connectivity index (χ2n) is 3.72. The van der Waals surface area contributed by atoms with Crippen LogP contribution in [0.15, 0.2) is 0 Å². The summed E-state index contributed by atoms with van der Waals surface area (Å²) in [5.41, 5.74) is 5.42. The number of halogens is 1. The molecule has 1 rings (SSSR count). The third-order valence-electron chi connectivity index (χ3n) is 3.09. The van der Waals surface area contributed by atoms with E-state index in [4.69, 9.17) is 5.73 Å². The molecule has 0 radical (unpaired) electrons. The number of hydrogen-bond acceptors (Lipinski definition) is 1. The maximum Gasteiger partial charge on any atom is 0.103 e. The van der Waals surface area contributed by atoms with E-state index in [0.29, 0.717) is 6.54 Å². The lowest BCUT2D eigenvalue weighted by molar-refractivity contribution is 0.117. The van der Waals surface area contributed by atoms with Gasteiger partial charge in [0, 0.05) is 5.41 Å². The van der Waals surface area contributed by atoms with Crippen LogP contribution in [0.25, 0.3) is 0 Å². The molecule has 1 fully saturated rings. The first-order valence-electron chi connectivity index (χ1n) is 4.55. The van der Waals surface area contributed by atoms with Crippen LogP contribution in [0.1, 0.15) is 39.0 Å². The lowest BCUT2D eigenvalue weighted by Crippen LogP contribution is -2.29. The lowest BCUT2D eigenvalue weighted by atomic mass is 9.79. The highest BCUT2D eigenvalue weighted by molar-refractivity contribution is 4.89. The highest BCUT2D eigenvalue weighted by Crippen LogP contribution is 2.44. The van der Waals surface area contributed by atoms with E-state index in [1.54, 1.807) is 6.92 Å². The summed E-state index contributed by atoms with van der Waals surface area (Å²) >= 11 is 0. The van der Waals surface area contributed by atoms with Gasteiger partial charge in [-0.05, 0) is 32.7 Å². The Balaban J connectivity index is 2.55. The van der Waals surface area contributed by atoms with Crippen LogP contribution < -0.4 is 5.73 Å². The van der Waals surface area contributed by atoms with Crippen LogP contribution in [-0.2, 0) is 0 Å². The van der Waals surface area contributed by atoms with Crippen molar-refractivity contribution >= 4 is 0 Å². The SMILES string of the molecule is CC(F)C1(CCN)CCCC1. The second-order valence-corrected chi connectivity index (χ2v) is 3.72. The molecule has 0 bridgehead atoms. The molecule has 0 aromatic rings. The predicted molar refractivity (Wildman–Crippen MR) is 45.1 cm³/mol. The third-order valence-corrected chi connectivity index (χ3v) is 3.09.